The van der Waals surface area contributed by atoms with Gasteiger partial charge in [-0.3, -0.25) is 14.1 Å². The zero-order valence-electron chi connectivity index (χ0n) is 16.4. The maximum absolute atomic E-state index is 12.6. The summed E-state index contributed by atoms with van der Waals surface area (Å²) in [6.07, 6.45) is -2.27. The van der Waals surface area contributed by atoms with Crippen molar-refractivity contribution in [2.75, 3.05) is 11.9 Å². The van der Waals surface area contributed by atoms with Crippen molar-refractivity contribution < 1.29 is 48.0 Å². The van der Waals surface area contributed by atoms with Crippen molar-refractivity contribution in [2.24, 2.45) is 0 Å². The van der Waals surface area contributed by atoms with Gasteiger partial charge in [-0.25, -0.2) is 4.57 Å². The van der Waals surface area contributed by atoms with Crippen LogP contribution in [0, 0.1) is 0 Å². The van der Waals surface area contributed by atoms with Crippen LogP contribution in [0.15, 0.2) is 48.8 Å². The Morgan fingerprint density at radius 2 is 1.81 bits per heavy atom. The van der Waals surface area contributed by atoms with Gasteiger partial charge < -0.3 is 30.1 Å². The Morgan fingerprint density at radius 3 is 2.42 bits per heavy atom. The minimum atomic E-state index is -4.77. The highest BCUT2D eigenvalue weighted by molar-refractivity contribution is 7.46. The minimum Gasteiger partial charge on any atom is -0.387 e. The molecule has 4 atom stereocenters. The lowest BCUT2D eigenvalue weighted by Gasteiger charge is -2.13. The number of ketones is 1. The average Bonchev–Trinajstić information content (AvgIpc) is 3.00. The van der Waals surface area contributed by atoms with Crippen LogP contribution in [0.2, 0.25) is 0 Å². The lowest BCUT2D eigenvalue weighted by molar-refractivity contribution is -0.765. The molecule has 31 heavy (non-hydrogen) atoms. The lowest BCUT2D eigenvalue weighted by Crippen LogP contribution is -2.46. The first-order valence-electron chi connectivity index (χ1n) is 9.20. The van der Waals surface area contributed by atoms with Crippen molar-refractivity contribution in [1.29, 1.82) is 0 Å². The van der Waals surface area contributed by atoms with Gasteiger partial charge in [-0.15, -0.1) is 0 Å². The molecule has 12 heteroatoms. The Hall–Kier alpha value is -2.50. The minimum absolute atomic E-state index is 0.0937. The number of nitrogens with zero attached hydrogens (tertiary/aromatic N) is 1. The number of carbonyl (C=O) groups is 2. The monoisotopic (exact) mass is 453 g/mol. The zero-order chi connectivity index (χ0) is 22.8. The van der Waals surface area contributed by atoms with E-state index in [0.717, 1.165) is 0 Å². The van der Waals surface area contributed by atoms with Gasteiger partial charge in [-0.2, -0.15) is 4.57 Å². The Kier molecular flexibility index (Phi) is 6.97. The number of aliphatic hydroxyl groups excluding tert-OH is 2. The van der Waals surface area contributed by atoms with E-state index in [-0.39, 0.29) is 11.3 Å². The number of phosphoric acid groups is 1. The smallest absolute Gasteiger partial charge is 0.387 e. The third-order valence-electron chi connectivity index (χ3n) is 4.67. The molecular formula is C19H22N2O9P+. The van der Waals surface area contributed by atoms with Gasteiger partial charge in [0.05, 0.1) is 6.61 Å². The van der Waals surface area contributed by atoms with E-state index in [2.05, 4.69) is 9.84 Å². The van der Waals surface area contributed by atoms with Gasteiger partial charge in [0.1, 0.15) is 17.8 Å². The molecule has 0 saturated carbocycles. The van der Waals surface area contributed by atoms with Crippen LogP contribution in [0.25, 0.3) is 0 Å². The van der Waals surface area contributed by atoms with Crippen LogP contribution in [0.1, 0.15) is 33.9 Å². The molecule has 0 bridgehead atoms. The zero-order valence-corrected chi connectivity index (χ0v) is 17.3. The first-order valence-corrected chi connectivity index (χ1v) is 10.7. The van der Waals surface area contributed by atoms with Gasteiger partial charge in [0.25, 0.3) is 12.1 Å². The summed E-state index contributed by atoms with van der Waals surface area (Å²) in [7, 11) is -4.77. The van der Waals surface area contributed by atoms with E-state index < -0.39 is 44.9 Å². The second-order valence-corrected chi connectivity index (χ2v) is 8.20. The molecule has 5 N–H and O–H groups in total. The quantitative estimate of drug-likeness (QED) is 0.223. The highest BCUT2D eigenvalue weighted by Gasteiger charge is 2.49. The molecular weight excluding hydrogens is 431 g/mol. The number of amides is 1. The van der Waals surface area contributed by atoms with E-state index in [4.69, 9.17) is 14.5 Å². The molecule has 1 aromatic heterocycles. The van der Waals surface area contributed by atoms with Crippen molar-refractivity contribution in [2.45, 2.75) is 31.5 Å². The molecule has 1 aromatic carbocycles. The van der Waals surface area contributed by atoms with Crippen LogP contribution < -0.4 is 9.88 Å². The number of phosphoric ester groups is 1. The molecule has 0 aliphatic carbocycles. The molecule has 3 rings (SSSR count). The fraction of sp³-hybridized carbons (Fsp3) is 0.316. The Bertz CT molecular complexity index is 1010. The fourth-order valence-electron chi connectivity index (χ4n) is 3.06. The molecule has 1 aliphatic rings. The third-order valence-corrected chi connectivity index (χ3v) is 5.16. The lowest BCUT2D eigenvalue weighted by atomic mass is 10.1. The SMILES string of the molecule is CC(=O)c1ccc(NC(=O)c2ccc[n+]([C@@H]3O[C@H](COP(=O)(O)O)[C@@H](O)[C@H]3O)c2)cc1. The highest BCUT2D eigenvalue weighted by Crippen LogP contribution is 2.37. The molecule has 0 unspecified atom stereocenters. The van der Waals surface area contributed by atoms with Crippen LogP contribution in [-0.4, -0.2) is 56.6 Å². The average molecular weight is 453 g/mol. The molecule has 166 valence electrons. The predicted molar refractivity (Wildman–Crippen MR) is 105 cm³/mol. The predicted octanol–water partition coefficient (Wildman–Crippen LogP) is 0.157. The van der Waals surface area contributed by atoms with Gasteiger partial charge in [0.15, 0.2) is 24.3 Å². The molecule has 11 nitrogen and oxygen atoms in total. The summed E-state index contributed by atoms with van der Waals surface area (Å²) in [5, 5.41) is 23.1. The number of rotatable bonds is 7. The van der Waals surface area contributed by atoms with Gasteiger partial charge in [0.2, 0.25) is 0 Å². The maximum atomic E-state index is 12.6. The summed E-state index contributed by atoms with van der Waals surface area (Å²) in [4.78, 5) is 41.5. The number of Topliss-reactive ketones (excluding diaryl/α,β-unsaturated/α-hetero) is 1. The first-order chi connectivity index (χ1) is 14.5. The van der Waals surface area contributed by atoms with Crippen molar-refractivity contribution >= 4 is 25.2 Å². The van der Waals surface area contributed by atoms with Crippen LogP contribution in [-0.2, 0) is 13.8 Å². The van der Waals surface area contributed by atoms with E-state index in [9.17, 15) is 24.4 Å². The second kappa shape index (κ2) is 9.33. The Morgan fingerprint density at radius 1 is 1.13 bits per heavy atom. The van der Waals surface area contributed by atoms with Crippen LogP contribution >= 0.6 is 7.82 Å². The van der Waals surface area contributed by atoms with Crippen molar-refractivity contribution in [3.63, 3.8) is 0 Å². The van der Waals surface area contributed by atoms with Crippen molar-refractivity contribution in [1.82, 2.24) is 0 Å². The normalized spacial score (nSPS) is 23.5. The van der Waals surface area contributed by atoms with Gasteiger partial charge >= 0.3 is 7.82 Å². The van der Waals surface area contributed by atoms with Gasteiger partial charge in [0, 0.05) is 17.3 Å². The number of nitrogens with one attached hydrogen (secondary N) is 1. The number of carbonyl (C=O) groups excluding carboxylic acids is 2. The van der Waals surface area contributed by atoms with E-state index >= 15 is 0 Å². The molecule has 1 aliphatic heterocycles. The molecule has 2 aromatic rings. The summed E-state index contributed by atoms with van der Waals surface area (Å²) in [5.74, 6) is -0.553. The number of benzene rings is 1. The summed E-state index contributed by atoms with van der Waals surface area (Å²) in [5.41, 5.74) is 1.21. The standard InChI is InChI=1S/C19H21N2O9P/c1-11(22)12-4-6-14(7-5-12)20-18(25)13-3-2-8-21(9-13)19-17(24)16(23)15(30-19)10-29-31(26,27)28/h2-9,15-17,19,23-24H,10H2,1H3,(H2-,20,22,25,26,27,28)/p+1/t15-,16-,17-,19-/m1/s1. The first kappa shape index (κ1) is 23.2. The van der Waals surface area contributed by atoms with Crippen LogP contribution in [0.4, 0.5) is 5.69 Å². The van der Waals surface area contributed by atoms with Crippen molar-refractivity contribution in [3.8, 4) is 0 Å². The highest BCUT2D eigenvalue weighted by atomic mass is 31.2. The topological polar surface area (TPSA) is 166 Å². The van der Waals surface area contributed by atoms with Gasteiger partial charge in [-0.1, -0.05) is 0 Å². The largest absolute Gasteiger partial charge is 0.469 e. The summed E-state index contributed by atoms with van der Waals surface area (Å²) in [6.45, 7) is 0.811. The van der Waals surface area contributed by atoms with Crippen LogP contribution in [0.5, 0.6) is 0 Å². The van der Waals surface area contributed by atoms with Crippen LogP contribution in [0.3, 0.4) is 0 Å². The Labute approximate surface area is 177 Å². The third kappa shape index (κ3) is 5.81. The van der Waals surface area contributed by atoms with Gasteiger partial charge in [-0.05, 0) is 37.3 Å². The summed E-state index contributed by atoms with van der Waals surface area (Å²) < 4.78 is 22.0. The number of aliphatic hydroxyl groups is 2. The van der Waals surface area contributed by atoms with E-state index in [1.54, 1.807) is 24.3 Å². The molecule has 0 radical (unpaired) electrons. The van der Waals surface area contributed by atoms with Crippen molar-refractivity contribution in [3.05, 3.63) is 59.9 Å². The number of ether oxygens (including phenoxy) is 1. The maximum Gasteiger partial charge on any atom is 0.469 e. The Balaban J connectivity index is 1.71. The summed E-state index contributed by atoms with van der Waals surface area (Å²) in [6, 6.07) is 9.44. The molecule has 1 saturated heterocycles. The second-order valence-electron chi connectivity index (χ2n) is 6.96. The molecule has 1 fully saturated rings. The molecule has 0 spiro atoms. The van der Waals surface area contributed by atoms with E-state index in [0.29, 0.717) is 11.3 Å². The number of hydrogen-bond donors (Lipinski definition) is 5. The van der Waals surface area contributed by atoms with E-state index in [1.165, 1.54) is 36.0 Å². The number of pyridine rings is 1. The molecule has 2 heterocycles. The summed E-state index contributed by atoms with van der Waals surface area (Å²) >= 11 is 0. The van der Waals surface area contributed by atoms with E-state index in [1.807, 2.05) is 0 Å². The number of aromatic nitrogens is 1. The fourth-order valence-corrected chi connectivity index (χ4v) is 3.40. The number of hydrogen-bond acceptors (Lipinski definition) is 7. The molecule has 1 amide bonds. The number of anilines is 1.